The van der Waals surface area contributed by atoms with Gasteiger partial charge in [0.15, 0.2) is 0 Å². The maximum Gasteiger partial charge on any atom is 0.340 e. The summed E-state index contributed by atoms with van der Waals surface area (Å²) in [4.78, 5) is 54.7. The Bertz CT molecular complexity index is 1800. The van der Waals surface area contributed by atoms with E-state index in [9.17, 15) is 27.6 Å². The summed E-state index contributed by atoms with van der Waals surface area (Å²) in [6.45, 7) is 7.45. The normalized spacial score (nSPS) is 12.9. The third-order valence-electron chi connectivity index (χ3n) is 8.46. The number of carbonyl (C=O) groups is 4. The number of aryl methyl sites for hydroxylation is 1. The van der Waals surface area contributed by atoms with Crippen LogP contribution in [0.4, 0.5) is 5.69 Å². The summed E-state index contributed by atoms with van der Waals surface area (Å²) < 4.78 is 40.0. The molecule has 13 nitrogen and oxygen atoms in total. The monoisotopic (exact) mass is 786 g/mol. The lowest BCUT2D eigenvalue weighted by atomic mass is 10.0. The van der Waals surface area contributed by atoms with Gasteiger partial charge in [-0.3, -0.25) is 14.9 Å². The van der Waals surface area contributed by atoms with E-state index in [0.29, 0.717) is 32.2 Å². The number of ether oxygens (including phenoxy) is 3. The number of anilines is 1. The first-order valence-electron chi connectivity index (χ1n) is 18.1. The van der Waals surface area contributed by atoms with Crippen molar-refractivity contribution in [3.05, 3.63) is 94.5 Å². The topological polar surface area (TPSA) is 183 Å². The summed E-state index contributed by atoms with van der Waals surface area (Å²) in [6, 6.07) is 18.7. The maximum absolute atomic E-state index is 14.3. The minimum atomic E-state index is -4.22. The number of hydrogen-bond acceptors (Lipinski definition) is 11. The van der Waals surface area contributed by atoms with Crippen LogP contribution < -0.4 is 15.8 Å². The molecule has 0 fully saturated rings. The van der Waals surface area contributed by atoms with Crippen molar-refractivity contribution in [2.75, 3.05) is 31.7 Å². The molecular weight excluding hydrogens is 736 g/mol. The fraction of sp³-hybridized carbons (Fsp3) is 0.436. The number of amides is 1. The molecule has 3 atom stereocenters. The number of esters is 3. The number of hydrogen-bond donors (Lipinski definition) is 3. The van der Waals surface area contributed by atoms with E-state index in [1.165, 1.54) is 11.0 Å². The molecule has 0 aliphatic carbocycles. The van der Waals surface area contributed by atoms with E-state index in [1.807, 2.05) is 60.7 Å². The second-order valence-electron chi connectivity index (χ2n) is 12.5. The predicted octanol–water partition coefficient (Wildman–Crippen LogP) is 5.25. The molecule has 3 aromatic rings. The molecule has 15 heteroatoms. The van der Waals surface area contributed by atoms with Gasteiger partial charge in [0.2, 0.25) is 15.9 Å². The first-order valence-corrected chi connectivity index (χ1v) is 20.0. The average molecular weight is 787 g/mol. The third kappa shape index (κ3) is 13.4. The van der Waals surface area contributed by atoms with Crippen LogP contribution >= 0.6 is 11.6 Å². The molecule has 4 N–H and O–H groups in total. The quantitative estimate of drug-likeness (QED) is 0.0687. The summed E-state index contributed by atoms with van der Waals surface area (Å²) in [5.41, 5.74) is 2.03. The van der Waals surface area contributed by atoms with Gasteiger partial charge in [0.05, 0.1) is 42.1 Å². The number of nitrogens with one attached hydrogen (secondary N) is 2. The number of primary sulfonamides is 1. The van der Waals surface area contributed by atoms with Crippen molar-refractivity contribution in [3.63, 3.8) is 0 Å². The van der Waals surface area contributed by atoms with E-state index >= 15 is 0 Å². The fourth-order valence-corrected chi connectivity index (χ4v) is 6.93. The third-order valence-corrected chi connectivity index (χ3v) is 9.84. The van der Waals surface area contributed by atoms with Gasteiger partial charge < -0.3 is 24.4 Å². The summed E-state index contributed by atoms with van der Waals surface area (Å²) in [6.07, 6.45) is 2.11. The Labute approximate surface area is 322 Å². The van der Waals surface area contributed by atoms with Crippen molar-refractivity contribution in [1.82, 2.24) is 10.2 Å². The SMILES string of the molecule is CCOC(=O)c1cc(S(N)(=O)=O)c(Cl)cc1NCCCC[C@H](C(=O)OCC)N(Cc1ccccc1)C(=O)[C@H](C)N[C@@H](CCc1ccccc1)C(=O)OCC. The van der Waals surface area contributed by atoms with E-state index in [2.05, 4.69) is 10.6 Å². The van der Waals surface area contributed by atoms with Crippen molar-refractivity contribution < 1.29 is 41.8 Å². The molecule has 294 valence electrons. The number of carbonyl (C=O) groups excluding carboxylic acids is 4. The van der Waals surface area contributed by atoms with Crippen LogP contribution in [0, 0.1) is 0 Å². The second kappa shape index (κ2) is 22.0. The average Bonchev–Trinajstić information content (AvgIpc) is 3.14. The van der Waals surface area contributed by atoms with Crippen LogP contribution in [0.2, 0.25) is 5.02 Å². The molecule has 0 saturated carbocycles. The summed E-state index contributed by atoms with van der Waals surface area (Å²) in [5, 5.41) is 11.4. The lowest BCUT2D eigenvalue weighted by molar-refractivity contribution is -0.157. The summed E-state index contributed by atoms with van der Waals surface area (Å²) in [5.74, 6) is -2.19. The van der Waals surface area contributed by atoms with Crippen LogP contribution in [-0.2, 0) is 51.6 Å². The summed E-state index contributed by atoms with van der Waals surface area (Å²) >= 11 is 6.21. The molecular formula is C39H51ClN4O9S. The molecule has 0 unspecified atom stereocenters. The standard InChI is InChI=1S/C39H51ClN4O9S/c1-5-51-37(46)30-24-35(54(41,49)50)31(40)25-33(30)42-23-15-14-20-34(39(48)53-7-3)44(26-29-18-12-9-13-19-29)36(45)27(4)43-32(38(47)52-6-2)22-21-28-16-10-8-11-17-28/h8-13,16-19,24-25,27,32,34,42-43H,5-7,14-15,20-23,26H2,1-4H3,(H2,41,49,50)/t27-,32-,34+/m0/s1. The zero-order valence-corrected chi connectivity index (χ0v) is 32.8. The second-order valence-corrected chi connectivity index (χ2v) is 14.4. The number of nitrogens with two attached hydrogens (primary N) is 1. The number of unbranched alkanes of at least 4 members (excludes halogenated alkanes) is 1. The highest BCUT2D eigenvalue weighted by Gasteiger charge is 2.35. The number of sulfonamides is 1. The number of nitrogens with zero attached hydrogens (tertiary/aromatic N) is 1. The fourth-order valence-electron chi connectivity index (χ4n) is 5.83. The van der Waals surface area contributed by atoms with Gasteiger partial charge in [-0.1, -0.05) is 72.3 Å². The maximum atomic E-state index is 14.3. The highest BCUT2D eigenvalue weighted by atomic mass is 35.5. The highest BCUT2D eigenvalue weighted by Crippen LogP contribution is 2.29. The first-order chi connectivity index (χ1) is 25.8. The van der Waals surface area contributed by atoms with Crippen molar-refractivity contribution in [1.29, 1.82) is 0 Å². The molecule has 1 amide bonds. The molecule has 0 heterocycles. The molecule has 54 heavy (non-hydrogen) atoms. The zero-order chi connectivity index (χ0) is 39.7. The van der Waals surface area contributed by atoms with Crippen LogP contribution in [0.15, 0.2) is 77.7 Å². The van der Waals surface area contributed by atoms with Gasteiger partial charge in [-0.05, 0) is 83.1 Å². The lowest BCUT2D eigenvalue weighted by Gasteiger charge is -2.33. The lowest BCUT2D eigenvalue weighted by Crippen LogP contribution is -2.55. The van der Waals surface area contributed by atoms with Crippen molar-refractivity contribution in [2.24, 2.45) is 5.14 Å². The van der Waals surface area contributed by atoms with Gasteiger partial charge in [-0.15, -0.1) is 0 Å². The largest absolute Gasteiger partial charge is 0.465 e. The smallest absolute Gasteiger partial charge is 0.340 e. The highest BCUT2D eigenvalue weighted by molar-refractivity contribution is 7.89. The Kier molecular flexibility index (Phi) is 17.9. The van der Waals surface area contributed by atoms with Crippen LogP contribution in [0.5, 0.6) is 0 Å². The molecule has 3 aromatic carbocycles. The molecule has 0 aromatic heterocycles. The van der Waals surface area contributed by atoms with Gasteiger partial charge in [0.25, 0.3) is 0 Å². The van der Waals surface area contributed by atoms with Gasteiger partial charge in [0.1, 0.15) is 17.0 Å². The summed E-state index contributed by atoms with van der Waals surface area (Å²) in [7, 11) is -4.22. The van der Waals surface area contributed by atoms with Crippen LogP contribution in [-0.4, -0.2) is 81.6 Å². The van der Waals surface area contributed by atoms with E-state index < -0.39 is 56.9 Å². The Hall–Kier alpha value is -4.50. The number of halogens is 1. The molecule has 0 aliphatic heterocycles. The molecule has 0 bridgehead atoms. The molecule has 0 saturated heterocycles. The Morgan fingerprint density at radius 2 is 1.41 bits per heavy atom. The van der Waals surface area contributed by atoms with Gasteiger partial charge in [-0.2, -0.15) is 0 Å². The predicted molar refractivity (Wildman–Crippen MR) is 206 cm³/mol. The van der Waals surface area contributed by atoms with E-state index in [-0.39, 0.29) is 49.1 Å². The number of benzene rings is 3. The Balaban J connectivity index is 1.82. The molecule has 3 rings (SSSR count). The van der Waals surface area contributed by atoms with Crippen LogP contribution in [0.1, 0.15) is 74.9 Å². The van der Waals surface area contributed by atoms with Crippen LogP contribution in [0.25, 0.3) is 0 Å². The van der Waals surface area contributed by atoms with Gasteiger partial charge >= 0.3 is 17.9 Å². The van der Waals surface area contributed by atoms with E-state index in [4.69, 9.17) is 31.0 Å². The van der Waals surface area contributed by atoms with Crippen molar-refractivity contribution in [2.45, 2.75) is 89.4 Å². The Morgan fingerprint density at radius 1 is 0.815 bits per heavy atom. The van der Waals surface area contributed by atoms with E-state index in [0.717, 1.165) is 17.2 Å². The first kappa shape index (κ1) is 43.9. The van der Waals surface area contributed by atoms with Crippen molar-refractivity contribution in [3.8, 4) is 0 Å². The zero-order valence-electron chi connectivity index (χ0n) is 31.2. The van der Waals surface area contributed by atoms with Gasteiger partial charge in [0, 0.05) is 13.1 Å². The molecule has 0 spiro atoms. The number of rotatable bonds is 22. The van der Waals surface area contributed by atoms with Gasteiger partial charge in [-0.25, -0.2) is 23.1 Å². The molecule has 0 aliphatic rings. The Morgan fingerprint density at radius 3 is 2.00 bits per heavy atom. The van der Waals surface area contributed by atoms with E-state index in [1.54, 1.807) is 27.7 Å². The minimum Gasteiger partial charge on any atom is -0.465 e. The van der Waals surface area contributed by atoms with Crippen LogP contribution in [0.3, 0.4) is 0 Å². The van der Waals surface area contributed by atoms with Crippen molar-refractivity contribution >= 4 is 51.1 Å². The molecule has 0 radical (unpaired) electrons. The minimum absolute atomic E-state index is 0.0549.